The number of carbonyl (C=O) groups excluding carboxylic acids is 1. The van der Waals surface area contributed by atoms with Crippen molar-refractivity contribution in [2.45, 2.75) is 180 Å². The van der Waals surface area contributed by atoms with Gasteiger partial charge < -0.3 is 15.1 Å². The van der Waals surface area contributed by atoms with Crippen molar-refractivity contribution in [2.75, 3.05) is 13.1 Å². The van der Waals surface area contributed by atoms with Gasteiger partial charge in [0, 0.05) is 25.4 Å². The summed E-state index contributed by atoms with van der Waals surface area (Å²) in [5.41, 5.74) is 1.90. The Labute approximate surface area is 286 Å². The maximum Gasteiger partial charge on any atom is 0.222 e. The van der Waals surface area contributed by atoms with Crippen molar-refractivity contribution >= 4 is 5.91 Å². The van der Waals surface area contributed by atoms with E-state index in [-0.39, 0.29) is 23.0 Å². The smallest absolute Gasteiger partial charge is 0.222 e. The summed E-state index contributed by atoms with van der Waals surface area (Å²) >= 11 is 0. The first-order valence-electron chi connectivity index (χ1n) is 20.2. The van der Waals surface area contributed by atoms with Gasteiger partial charge in [-0.2, -0.15) is 0 Å². The van der Waals surface area contributed by atoms with Gasteiger partial charge in [-0.3, -0.25) is 4.79 Å². The third-order valence-corrected chi connectivity index (χ3v) is 13.3. The quantitative estimate of drug-likeness (QED) is 0.155. The Bertz CT molecular complexity index is 1100. The van der Waals surface area contributed by atoms with E-state index in [0.29, 0.717) is 36.5 Å². The largest absolute Gasteiger partial charge is 0.508 e. The predicted molar refractivity (Wildman–Crippen MR) is 191 cm³/mol. The van der Waals surface area contributed by atoms with Crippen molar-refractivity contribution in [1.29, 1.82) is 0 Å². The summed E-state index contributed by atoms with van der Waals surface area (Å²) in [5, 5.41) is 21.3. The van der Waals surface area contributed by atoms with Crippen molar-refractivity contribution in [3.63, 3.8) is 0 Å². The van der Waals surface area contributed by atoms with E-state index in [1.165, 1.54) is 83.5 Å². The summed E-state index contributed by atoms with van der Waals surface area (Å²) in [6.45, 7) is 6.24. The highest BCUT2D eigenvalue weighted by atomic mass is 19.1. The number of unbranched alkanes of at least 4 members (excludes halogenated alkanes) is 10. The van der Waals surface area contributed by atoms with Gasteiger partial charge in [0.25, 0.3) is 0 Å². The minimum Gasteiger partial charge on any atom is -0.508 e. The van der Waals surface area contributed by atoms with Crippen LogP contribution in [0.3, 0.4) is 0 Å². The summed E-state index contributed by atoms with van der Waals surface area (Å²) in [4.78, 5) is 15.7. The fraction of sp³-hybridized carbons (Fsp3) is 0.833. The van der Waals surface area contributed by atoms with Crippen LogP contribution >= 0.6 is 0 Å². The Kier molecular flexibility index (Phi) is 13.9. The number of hydrogen-bond donors (Lipinski definition) is 2. The zero-order chi connectivity index (χ0) is 33.2. The van der Waals surface area contributed by atoms with E-state index in [1.807, 2.05) is 12.1 Å². The monoisotopic (exact) mass is 654 g/mol. The number of hydrogen-bond acceptors (Lipinski definition) is 3. The van der Waals surface area contributed by atoms with Gasteiger partial charge in [-0.25, -0.2) is 4.39 Å². The van der Waals surface area contributed by atoms with Gasteiger partial charge >= 0.3 is 0 Å². The van der Waals surface area contributed by atoms with Gasteiger partial charge in [0.05, 0.1) is 6.10 Å². The average Bonchev–Trinajstić information content (AvgIpc) is 3.36. The van der Waals surface area contributed by atoms with E-state index < -0.39 is 12.3 Å². The summed E-state index contributed by atoms with van der Waals surface area (Å²) in [6.07, 6.45) is 24.8. The molecule has 1 aromatic carbocycles. The highest BCUT2D eigenvalue weighted by molar-refractivity contribution is 5.76. The number of halogens is 1. The molecule has 0 spiro atoms. The van der Waals surface area contributed by atoms with Crippen LogP contribution in [-0.4, -0.2) is 46.4 Å². The molecule has 4 nitrogen and oxygen atoms in total. The number of phenolic OH excluding ortho intramolecular Hbond substituents is 1. The zero-order valence-electron chi connectivity index (χ0n) is 30.1. The van der Waals surface area contributed by atoms with E-state index >= 15 is 4.39 Å². The van der Waals surface area contributed by atoms with Crippen molar-refractivity contribution in [3.05, 3.63) is 29.3 Å². The molecule has 4 aliphatic carbocycles. The first-order chi connectivity index (χ1) is 22.8. The summed E-state index contributed by atoms with van der Waals surface area (Å²) < 4.78 is 16.1. The molecule has 266 valence electrons. The van der Waals surface area contributed by atoms with Crippen LogP contribution in [0.2, 0.25) is 0 Å². The van der Waals surface area contributed by atoms with Gasteiger partial charge in [0.2, 0.25) is 5.91 Å². The lowest BCUT2D eigenvalue weighted by Crippen LogP contribution is -2.51. The zero-order valence-corrected chi connectivity index (χ0v) is 30.1. The Morgan fingerprint density at radius 1 is 0.915 bits per heavy atom. The molecule has 1 amide bonds. The molecule has 5 heteroatoms. The number of carbonyl (C=O) groups is 1. The van der Waals surface area contributed by atoms with Crippen molar-refractivity contribution in [2.24, 2.45) is 29.1 Å². The van der Waals surface area contributed by atoms with Crippen molar-refractivity contribution < 1.29 is 19.4 Å². The summed E-state index contributed by atoms with van der Waals surface area (Å²) in [5.74, 6) is 2.16. The molecule has 2 N–H and O–H groups in total. The first-order valence-corrected chi connectivity index (χ1v) is 20.2. The third-order valence-electron chi connectivity index (χ3n) is 13.3. The number of benzene rings is 1. The maximum absolute atomic E-state index is 16.1. The van der Waals surface area contributed by atoms with E-state index in [9.17, 15) is 15.0 Å². The topological polar surface area (TPSA) is 60.8 Å². The molecule has 0 aliphatic heterocycles. The lowest BCUT2D eigenvalue weighted by Gasteiger charge is -2.54. The second-order valence-corrected chi connectivity index (χ2v) is 16.6. The predicted octanol–water partition coefficient (Wildman–Crippen LogP) is 10.7. The molecule has 0 heterocycles. The fourth-order valence-electron chi connectivity index (χ4n) is 10.7. The normalized spacial score (nSPS) is 30.5. The van der Waals surface area contributed by atoms with Crippen LogP contribution in [0.4, 0.5) is 4.39 Å². The Morgan fingerprint density at radius 2 is 1.62 bits per heavy atom. The molecule has 3 unspecified atom stereocenters. The minimum atomic E-state index is -0.953. The van der Waals surface area contributed by atoms with Gasteiger partial charge in [0.15, 0.2) is 0 Å². The van der Waals surface area contributed by atoms with Gasteiger partial charge in [-0.05, 0) is 110 Å². The van der Waals surface area contributed by atoms with E-state index in [2.05, 4.69) is 18.7 Å². The number of aromatic hydroxyl groups is 1. The van der Waals surface area contributed by atoms with Crippen LogP contribution < -0.4 is 0 Å². The van der Waals surface area contributed by atoms with Gasteiger partial charge in [-0.15, -0.1) is 0 Å². The van der Waals surface area contributed by atoms with E-state index in [1.54, 1.807) is 6.07 Å². The molecule has 3 fully saturated rings. The molecular weight excluding hydrogens is 585 g/mol. The molecule has 0 saturated heterocycles. The molecule has 7 atom stereocenters. The molecule has 5 rings (SSSR count). The van der Waals surface area contributed by atoms with Gasteiger partial charge in [-0.1, -0.05) is 103 Å². The second-order valence-electron chi connectivity index (χ2n) is 16.6. The number of aliphatic hydroxyl groups excluding tert-OH is 1. The lowest BCUT2D eigenvalue weighted by atomic mass is 9.51. The van der Waals surface area contributed by atoms with Gasteiger partial charge in [0.1, 0.15) is 11.9 Å². The molecule has 0 radical (unpaired) electrons. The Hall–Kier alpha value is -1.62. The van der Waals surface area contributed by atoms with Crippen LogP contribution in [0.15, 0.2) is 18.2 Å². The first kappa shape index (κ1) is 36.7. The van der Waals surface area contributed by atoms with E-state index in [0.717, 1.165) is 75.6 Å². The van der Waals surface area contributed by atoms with Crippen molar-refractivity contribution in [1.82, 2.24) is 4.90 Å². The number of rotatable bonds is 18. The molecule has 47 heavy (non-hydrogen) atoms. The van der Waals surface area contributed by atoms with E-state index in [4.69, 9.17) is 0 Å². The maximum atomic E-state index is 16.1. The number of nitrogens with zero attached hydrogens (tertiary/aromatic N) is 1. The second kappa shape index (κ2) is 17.9. The average molecular weight is 654 g/mol. The summed E-state index contributed by atoms with van der Waals surface area (Å²) in [7, 11) is 0. The van der Waals surface area contributed by atoms with Crippen molar-refractivity contribution in [3.8, 4) is 5.75 Å². The Morgan fingerprint density at radius 3 is 2.36 bits per heavy atom. The number of aliphatic hydroxyl groups is 1. The van der Waals surface area contributed by atoms with Crippen LogP contribution in [0.5, 0.6) is 5.75 Å². The molecule has 0 aromatic heterocycles. The summed E-state index contributed by atoms with van der Waals surface area (Å²) in [6, 6.07) is 5.59. The molecule has 3 saturated carbocycles. The Balaban J connectivity index is 1.13. The standard InChI is InChI=1S/C42H68FNO3/c1-3-4-5-6-7-8-9-10-16-21-39(47)44(30-31-18-13-11-14-19-31)26-17-12-15-20-32-27-33-28-34(45)22-23-35(33)41-37(43)29-42(2)36(40(32)41)24-25-38(42)46/h22-23,28,31-32,36-38,40-41,45-46H,3-21,24-27,29-30H2,1-2H3/t32-,36?,37+,38+,40?,41?,42+/m1/s1. The van der Waals surface area contributed by atoms with Crippen LogP contribution in [0.25, 0.3) is 0 Å². The highest BCUT2D eigenvalue weighted by Gasteiger charge is 2.59. The van der Waals surface area contributed by atoms with Crippen LogP contribution in [0.1, 0.15) is 172 Å². The lowest BCUT2D eigenvalue weighted by molar-refractivity contribution is -0.132. The third kappa shape index (κ3) is 9.34. The fourth-order valence-corrected chi connectivity index (χ4v) is 10.7. The molecular formula is C42H68FNO3. The molecule has 1 aromatic rings. The van der Waals surface area contributed by atoms with Crippen LogP contribution in [-0.2, 0) is 11.2 Å². The highest BCUT2D eigenvalue weighted by Crippen LogP contribution is 2.63. The number of amides is 1. The molecule has 0 bridgehead atoms. The van der Waals surface area contributed by atoms with Crippen LogP contribution in [0, 0.1) is 29.1 Å². The number of alkyl halides is 1. The SMILES string of the molecule is CCCCCCCCCCCC(=O)N(CCCCC[C@@H]1Cc2cc(O)ccc2C2C1C1CC[C@H](O)[C@@]1(C)C[C@@H]2F)CC1CCCCC1. The minimum absolute atomic E-state index is 0.127. The number of phenols is 1. The molecule has 4 aliphatic rings. The number of fused-ring (bicyclic) bond motifs is 5.